The number of benzene rings is 1. The largest absolute Gasteiger partial charge is 0.471 e. The zero-order chi connectivity index (χ0) is 21.0. The number of hydrogen-bond donors (Lipinski definition) is 1. The van der Waals surface area contributed by atoms with Gasteiger partial charge in [0.25, 0.3) is 0 Å². The fourth-order valence-corrected chi connectivity index (χ4v) is 3.78. The Bertz CT molecular complexity index is 885. The van der Waals surface area contributed by atoms with Gasteiger partial charge < -0.3 is 15.4 Å². The zero-order valence-corrected chi connectivity index (χ0v) is 17.4. The number of aryl methyl sites for hydroxylation is 1. The highest BCUT2D eigenvalue weighted by Crippen LogP contribution is 2.27. The van der Waals surface area contributed by atoms with Crippen LogP contribution in [0.4, 0.5) is 0 Å². The molecule has 3 atom stereocenters. The number of unbranched alkanes of at least 4 members (excludes halogenated alkanes) is 1. The number of nitrogens with two attached hydrogens (primary N) is 1. The van der Waals surface area contributed by atoms with E-state index >= 15 is 0 Å². The summed E-state index contributed by atoms with van der Waals surface area (Å²) >= 11 is 0. The number of ketones is 1. The van der Waals surface area contributed by atoms with Crippen molar-refractivity contribution in [2.45, 2.75) is 71.1 Å². The molecule has 3 unspecified atom stereocenters. The van der Waals surface area contributed by atoms with Gasteiger partial charge in [-0.1, -0.05) is 38.8 Å². The predicted octanol–water partition coefficient (Wildman–Crippen LogP) is 2.65. The maximum absolute atomic E-state index is 12.8. The Labute approximate surface area is 171 Å². The topological polar surface area (TPSA) is 98.4 Å². The van der Waals surface area contributed by atoms with Crippen LogP contribution >= 0.6 is 0 Å². The normalized spacial score (nSPS) is 20.1. The van der Waals surface area contributed by atoms with E-state index in [9.17, 15) is 9.59 Å². The predicted molar refractivity (Wildman–Crippen MR) is 112 cm³/mol. The molecule has 0 radical (unpaired) electrons. The summed E-state index contributed by atoms with van der Waals surface area (Å²) in [5.41, 5.74) is 8.44. The van der Waals surface area contributed by atoms with Gasteiger partial charge in [0.1, 0.15) is 11.8 Å². The number of amides is 1. The number of carbonyl (C=O) groups is 2. The molecule has 156 valence electrons. The Morgan fingerprint density at radius 2 is 1.93 bits per heavy atom. The zero-order valence-electron chi connectivity index (χ0n) is 17.4. The number of carbonyl (C=O) groups excluding carboxylic acids is 2. The first kappa shape index (κ1) is 21.2. The highest BCUT2D eigenvalue weighted by Gasteiger charge is 2.40. The molecule has 0 spiro atoms. The van der Waals surface area contributed by atoms with Gasteiger partial charge in [0.05, 0.1) is 29.7 Å². The van der Waals surface area contributed by atoms with Crippen molar-refractivity contribution in [1.82, 2.24) is 14.9 Å². The average Bonchev–Trinajstić information content (AvgIpc) is 3.15. The standard InChI is InChI=1S/C22H30N4O3/c1-4-6-9-16(23)22(28)26-13-15(12-20(26)14(3)27)29-21-17(5-2)24-18-10-7-8-11-19(18)25-21/h7-8,10-11,15-16,20H,4-6,9,12-13,23H2,1-3H3. The summed E-state index contributed by atoms with van der Waals surface area (Å²) in [6, 6.07) is 6.57. The number of rotatable bonds is 8. The molecular weight excluding hydrogens is 368 g/mol. The molecule has 1 fully saturated rings. The van der Waals surface area contributed by atoms with Gasteiger partial charge in [0.2, 0.25) is 11.8 Å². The number of ether oxygens (including phenoxy) is 1. The summed E-state index contributed by atoms with van der Waals surface area (Å²) in [5.74, 6) is 0.251. The van der Waals surface area contributed by atoms with Crippen molar-refractivity contribution in [2.24, 2.45) is 5.73 Å². The maximum Gasteiger partial charge on any atom is 0.240 e. The molecule has 1 amide bonds. The molecule has 29 heavy (non-hydrogen) atoms. The summed E-state index contributed by atoms with van der Waals surface area (Å²) < 4.78 is 6.17. The Morgan fingerprint density at radius 1 is 1.24 bits per heavy atom. The summed E-state index contributed by atoms with van der Waals surface area (Å²) in [5, 5.41) is 0. The van der Waals surface area contributed by atoms with Crippen LogP contribution in [-0.2, 0) is 16.0 Å². The smallest absolute Gasteiger partial charge is 0.240 e. The molecule has 2 N–H and O–H groups in total. The van der Waals surface area contributed by atoms with Crippen LogP contribution in [0.5, 0.6) is 5.88 Å². The van der Waals surface area contributed by atoms with Crippen LogP contribution in [0.1, 0.15) is 52.1 Å². The monoisotopic (exact) mass is 398 g/mol. The van der Waals surface area contributed by atoms with Crippen LogP contribution in [0.3, 0.4) is 0 Å². The van der Waals surface area contributed by atoms with Crippen LogP contribution in [-0.4, -0.2) is 51.3 Å². The maximum atomic E-state index is 12.8. The molecule has 2 heterocycles. The number of fused-ring (bicyclic) bond motifs is 1. The number of aromatic nitrogens is 2. The van der Waals surface area contributed by atoms with E-state index in [1.54, 1.807) is 4.90 Å². The number of para-hydroxylation sites is 2. The van der Waals surface area contributed by atoms with Gasteiger partial charge in [0, 0.05) is 6.42 Å². The van der Waals surface area contributed by atoms with Crippen molar-refractivity contribution in [3.05, 3.63) is 30.0 Å². The summed E-state index contributed by atoms with van der Waals surface area (Å²) in [6.45, 7) is 5.91. The fraction of sp³-hybridized carbons (Fsp3) is 0.545. The third kappa shape index (κ3) is 4.72. The lowest BCUT2D eigenvalue weighted by molar-refractivity contribution is -0.138. The lowest BCUT2D eigenvalue weighted by atomic mass is 10.1. The molecule has 7 nitrogen and oxygen atoms in total. The molecule has 1 aliphatic rings. The summed E-state index contributed by atoms with van der Waals surface area (Å²) in [4.78, 5) is 35.9. The SMILES string of the molecule is CCCCC(N)C(=O)N1CC(Oc2nc3ccccc3nc2CC)CC1C(C)=O. The lowest BCUT2D eigenvalue weighted by Crippen LogP contribution is -2.48. The van der Waals surface area contributed by atoms with E-state index in [0.29, 0.717) is 31.7 Å². The first-order valence-electron chi connectivity index (χ1n) is 10.4. The minimum Gasteiger partial charge on any atom is -0.471 e. The van der Waals surface area contributed by atoms with E-state index in [4.69, 9.17) is 10.5 Å². The molecule has 2 aromatic rings. The van der Waals surface area contributed by atoms with Crippen LogP contribution in [0.25, 0.3) is 11.0 Å². The Morgan fingerprint density at radius 3 is 2.55 bits per heavy atom. The molecule has 0 aliphatic carbocycles. The van der Waals surface area contributed by atoms with E-state index in [1.165, 1.54) is 6.92 Å². The van der Waals surface area contributed by atoms with Crippen LogP contribution in [0.2, 0.25) is 0 Å². The molecule has 1 aliphatic heterocycles. The van der Waals surface area contributed by atoms with Crippen LogP contribution in [0, 0.1) is 0 Å². The van der Waals surface area contributed by atoms with Crippen molar-refractivity contribution >= 4 is 22.7 Å². The van der Waals surface area contributed by atoms with E-state index < -0.39 is 12.1 Å². The van der Waals surface area contributed by atoms with Gasteiger partial charge in [0.15, 0.2) is 5.78 Å². The molecule has 1 aromatic heterocycles. The minimum atomic E-state index is -0.581. The highest BCUT2D eigenvalue weighted by atomic mass is 16.5. The Kier molecular flexibility index (Phi) is 6.79. The van der Waals surface area contributed by atoms with Crippen molar-refractivity contribution in [3.63, 3.8) is 0 Å². The Balaban J connectivity index is 1.79. The number of Topliss-reactive ketones (excluding diaryl/α,β-unsaturated/α-hetero) is 1. The number of likely N-dealkylation sites (tertiary alicyclic amines) is 1. The summed E-state index contributed by atoms with van der Waals surface area (Å²) in [6.07, 6.45) is 3.30. The number of hydrogen-bond acceptors (Lipinski definition) is 6. The van der Waals surface area contributed by atoms with Crippen molar-refractivity contribution in [2.75, 3.05) is 6.54 Å². The first-order valence-corrected chi connectivity index (χ1v) is 10.4. The van der Waals surface area contributed by atoms with Gasteiger partial charge in [-0.3, -0.25) is 9.59 Å². The average molecular weight is 399 g/mol. The first-order chi connectivity index (χ1) is 13.9. The second kappa shape index (κ2) is 9.31. The van der Waals surface area contributed by atoms with Gasteiger partial charge in [-0.15, -0.1) is 0 Å². The molecule has 7 heteroatoms. The van der Waals surface area contributed by atoms with Crippen LogP contribution in [0.15, 0.2) is 24.3 Å². The van der Waals surface area contributed by atoms with Crippen molar-refractivity contribution in [1.29, 1.82) is 0 Å². The van der Waals surface area contributed by atoms with Crippen molar-refractivity contribution < 1.29 is 14.3 Å². The Hall–Kier alpha value is -2.54. The van der Waals surface area contributed by atoms with E-state index in [-0.39, 0.29) is 17.8 Å². The molecule has 1 aromatic carbocycles. The molecule has 3 rings (SSSR count). The molecular formula is C22H30N4O3. The van der Waals surface area contributed by atoms with Gasteiger partial charge in [-0.25, -0.2) is 9.97 Å². The van der Waals surface area contributed by atoms with E-state index in [2.05, 4.69) is 16.9 Å². The summed E-state index contributed by atoms with van der Waals surface area (Å²) in [7, 11) is 0. The van der Waals surface area contributed by atoms with Gasteiger partial charge in [-0.2, -0.15) is 0 Å². The second-order valence-corrected chi connectivity index (χ2v) is 7.66. The van der Waals surface area contributed by atoms with Crippen molar-refractivity contribution in [3.8, 4) is 5.88 Å². The number of nitrogens with zero attached hydrogens (tertiary/aromatic N) is 3. The van der Waals surface area contributed by atoms with Crippen LogP contribution < -0.4 is 10.5 Å². The van der Waals surface area contributed by atoms with Gasteiger partial charge in [-0.05, 0) is 31.9 Å². The third-order valence-electron chi connectivity index (χ3n) is 5.42. The highest BCUT2D eigenvalue weighted by molar-refractivity contribution is 5.90. The fourth-order valence-electron chi connectivity index (χ4n) is 3.78. The lowest BCUT2D eigenvalue weighted by Gasteiger charge is -2.25. The minimum absolute atomic E-state index is 0.0487. The second-order valence-electron chi connectivity index (χ2n) is 7.66. The van der Waals surface area contributed by atoms with E-state index in [0.717, 1.165) is 29.6 Å². The quantitative estimate of drug-likeness (QED) is 0.734. The third-order valence-corrected chi connectivity index (χ3v) is 5.42. The molecule has 0 saturated carbocycles. The van der Waals surface area contributed by atoms with E-state index in [1.807, 2.05) is 31.2 Å². The molecule has 1 saturated heterocycles. The molecule has 0 bridgehead atoms. The van der Waals surface area contributed by atoms with Gasteiger partial charge >= 0.3 is 0 Å².